The number of alkyl halides is 1. The van der Waals surface area contributed by atoms with Crippen LogP contribution in [0.1, 0.15) is 36.7 Å². The molecular weight excluding hydrogens is 205 g/mol. The summed E-state index contributed by atoms with van der Waals surface area (Å²) in [6.45, 7) is 5.88. The van der Waals surface area contributed by atoms with Crippen molar-refractivity contribution in [2.45, 2.75) is 26.2 Å². The van der Waals surface area contributed by atoms with Gasteiger partial charge in [0, 0.05) is 12.1 Å². The first-order chi connectivity index (χ1) is 7.45. The third-order valence-corrected chi connectivity index (χ3v) is 2.39. The Balaban J connectivity index is 2.75. The van der Waals surface area contributed by atoms with E-state index in [1.807, 2.05) is 12.1 Å². The lowest BCUT2D eigenvalue weighted by molar-refractivity contribution is 0.0951. The number of rotatable bonds is 3. The first-order valence-electron chi connectivity index (χ1n) is 5.40. The Morgan fingerprint density at radius 1 is 1.25 bits per heavy atom. The van der Waals surface area contributed by atoms with Crippen LogP contribution < -0.4 is 5.32 Å². The average Bonchev–Trinajstić information content (AvgIpc) is 2.25. The van der Waals surface area contributed by atoms with Crippen molar-refractivity contribution < 1.29 is 9.18 Å². The quantitative estimate of drug-likeness (QED) is 0.838. The van der Waals surface area contributed by atoms with Crippen molar-refractivity contribution in [2.24, 2.45) is 0 Å². The number of benzene rings is 1. The zero-order valence-electron chi connectivity index (χ0n) is 10.0. The fraction of sp³-hybridized carbons (Fsp3) is 0.462. The Morgan fingerprint density at radius 2 is 1.81 bits per heavy atom. The van der Waals surface area contributed by atoms with Crippen LogP contribution in [-0.4, -0.2) is 19.1 Å². The minimum Gasteiger partial charge on any atom is -0.349 e. The number of hydrogen-bond donors (Lipinski definition) is 1. The molecule has 0 atom stereocenters. The van der Waals surface area contributed by atoms with Crippen molar-refractivity contribution in [1.29, 1.82) is 0 Å². The molecule has 2 nitrogen and oxygen atoms in total. The highest BCUT2D eigenvalue weighted by Crippen LogP contribution is 2.22. The zero-order chi connectivity index (χ0) is 12.2. The van der Waals surface area contributed by atoms with Gasteiger partial charge in [-0.05, 0) is 23.1 Å². The van der Waals surface area contributed by atoms with Crippen LogP contribution in [0.4, 0.5) is 4.39 Å². The maximum absolute atomic E-state index is 11.9. The molecule has 0 fully saturated rings. The predicted molar refractivity (Wildman–Crippen MR) is 63.5 cm³/mol. The lowest BCUT2D eigenvalue weighted by Gasteiger charge is -2.19. The lowest BCUT2D eigenvalue weighted by Crippen LogP contribution is -2.25. The van der Waals surface area contributed by atoms with Gasteiger partial charge in [-0.1, -0.05) is 32.9 Å². The molecule has 1 aromatic rings. The molecule has 1 rings (SSSR count). The van der Waals surface area contributed by atoms with Crippen molar-refractivity contribution in [3.8, 4) is 0 Å². The molecule has 1 N–H and O–H groups in total. The first kappa shape index (κ1) is 12.7. The van der Waals surface area contributed by atoms with E-state index in [-0.39, 0.29) is 17.9 Å². The molecule has 0 saturated heterocycles. The second-order valence-corrected chi connectivity index (χ2v) is 4.77. The maximum Gasteiger partial charge on any atom is 0.251 e. The van der Waals surface area contributed by atoms with E-state index >= 15 is 0 Å². The van der Waals surface area contributed by atoms with E-state index < -0.39 is 6.67 Å². The van der Waals surface area contributed by atoms with Crippen LogP contribution in [0, 0.1) is 0 Å². The van der Waals surface area contributed by atoms with Gasteiger partial charge in [-0.3, -0.25) is 4.79 Å². The summed E-state index contributed by atoms with van der Waals surface area (Å²) in [7, 11) is 0. The zero-order valence-corrected chi connectivity index (χ0v) is 10.0. The van der Waals surface area contributed by atoms with E-state index in [0.717, 1.165) is 0 Å². The smallest absolute Gasteiger partial charge is 0.251 e. The average molecular weight is 223 g/mol. The minimum absolute atomic E-state index is 0.0693. The fourth-order valence-electron chi connectivity index (χ4n) is 1.38. The number of hydrogen-bond acceptors (Lipinski definition) is 1. The van der Waals surface area contributed by atoms with Crippen molar-refractivity contribution >= 4 is 5.91 Å². The van der Waals surface area contributed by atoms with Gasteiger partial charge in [0.25, 0.3) is 5.91 Å². The molecule has 0 spiro atoms. The van der Waals surface area contributed by atoms with Crippen LogP contribution in [0.3, 0.4) is 0 Å². The highest BCUT2D eigenvalue weighted by atomic mass is 19.1. The Morgan fingerprint density at radius 3 is 2.25 bits per heavy atom. The third kappa shape index (κ3) is 3.33. The normalized spacial score (nSPS) is 11.2. The minimum atomic E-state index is -0.536. The molecule has 0 aromatic heterocycles. The third-order valence-electron chi connectivity index (χ3n) is 2.39. The van der Waals surface area contributed by atoms with E-state index in [0.29, 0.717) is 5.56 Å². The second kappa shape index (κ2) is 5.10. The summed E-state index contributed by atoms with van der Waals surface area (Å²) in [6, 6.07) is 7.41. The summed E-state index contributed by atoms with van der Waals surface area (Å²) >= 11 is 0. The van der Waals surface area contributed by atoms with Crippen molar-refractivity contribution in [1.82, 2.24) is 5.32 Å². The van der Waals surface area contributed by atoms with Crippen LogP contribution in [0.5, 0.6) is 0 Å². The van der Waals surface area contributed by atoms with Crippen LogP contribution in [0.2, 0.25) is 0 Å². The van der Waals surface area contributed by atoms with E-state index in [4.69, 9.17) is 0 Å². The molecule has 0 aliphatic heterocycles. The summed E-state index contributed by atoms with van der Waals surface area (Å²) in [4.78, 5) is 11.5. The largest absolute Gasteiger partial charge is 0.349 e. The predicted octanol–water partition coefficient (Wildman–Crippen LogP) is 2.68. The van der Waals surface area contributed by atoms with Crippen LogP contribution in [0.15, 0.2) is 24.3 Å². The molecule has 0 radical (unpaired) electrons. The number of carbonyl (C=O) groups excluding carboxylic acids is 1. The highest BCUT2D eigenvalue weighted by molar-refractivity contribution is 5.94. The standard InChI is InChI=1S/C13H18FNO/c1-13(2,3)11-6-4-10(5-7-11)12(16)15-9-8-14/h4-7H,8-9H2,1-3H3,(H,15,16). The van der Waals surface area contributed by atoms with Crippen molar-refractivity contribution in [2.75, 3.05) is 13.2 Å². The van der Waals surface area contributed by atoms with Crippen LogP contribution >= 0.6 is 0 Å². The van der Waals surface area contributed by atoms with E-state index in [1.165, 1.54) is 5.56 Å². The summed E-state index contributed by atoms with van der Waals surface area (Å²) in [5.74, 6) is -0.224. The summed E-state index contributed by atoms with van der Waals surface area (Å²) in [5, 5.41) is 2.49. The Hall–Kier alpha value is -1.38. The second-order valence-electron chi connectivity index (χ2n) is 4.77. The number of carbonyl (C=O) groups is 1. The molecule has 0 aliphatic carbocycles. The summed E-state index contributed by atoms with van der Waals surface area (Å²) < 4.78 is 11.9. The first-order valence-corrected chi connectivity index (χ1v) is 5.40. The van der Waals surface area contributed by atoms with Gasteiger partial charge >= 0.3 is 0 Å². The molecule has 0 bridgehead atoms. The van der Waals surface area contributed by atoms with E-state index in [9.17, 15) is 9.18 Å². The van der Waals surface area contributed by atoms with Crippen LogP contribution in [0.25, 0.3) is 0 Å². The van der Waals surface area contributed by atoms with Gasteiger partial charge in [0.1, 0.15) is 6.67 Å². The van der Waals surface area contributed by atoms with Gasteiger partial charge in [0.2, 0.25) is 0 Å². The molecule has 0 unspecified atom stereocenters. The Labute approximate surface area is 95.9 Å². The number of nitrogens with one attached hydrogen (secondary N) is 1. The fourth-order valence-corrected chi connectivity index (χ4v) is 1.38. The molecule has 0 aliphatic rings. The lowest BCUT2D eigenvalue weighted by atomic mass is 9.87. The van der Waals surface area contributed by atoms with Crippen LogP contribution in [-0.2, 0) is 5.41 Å². The molecule has 0 heterocycles. The van der Waals surface area contributed by atoms with Gasteiger partial charge in [-0.25, -0.2) is 4.39 Å². The van der Waals surface area contributed by atoms with Crippen molar-refractivity contribution in [3.05, 3.63) is 35.4 Å². The molecular formula is C13H18FNO. The van der Waals surface area contributed by atoms with Gasteiger partial charge in [-0.2, -0.15) is 0 Å². The molecule has 1 aromatic carbocycles. The number of amides is 1. The monoisotopic (exact) mass is 223 g/mol. The molecule has 3 heteroatoms. The topological polar surface area (TPSA) is 29.1 Å². The molecule has 1 amide bonds. The number of halogens is 1. The van der Waals surface area contributed by atoms with Gasteiger partial charge in [0.05, 0.1) is 0 Å². The van der Waals surface area contributed by atoms with E-state index in [1.54, 1.807) is 12.1 Å². The van der Waals surface area contributed by atoms with Gasteiger partial charge < -0.3 is 5.32 Å². The molecule has 88 valence electrons. The molecule has 16 heavy (non-hydrogen) atoms. The summed E-state index contributed by atoms with van der Waals surface area (Å²) in [6.07, 6.45) is 0. The van der Waals surface area contributed by atoms with Crippen molar-refractivity contribution in [3.63, 3.8) is 0 Å². The summed E-state index contributed by atoms with van der Waals surface area (Å²) in [5.41, 5.74) is 1.82. The maximum atomic E-state index is 11.9. The molecule has 0 saturated carbocycles. The SMILES string of the molecule is CC(C)(C)c1ccc(C(=O)NCCF)cc1. The Bertz CT molecular complexity index is 351. The van der Waals surface area contributed by atoms with Gasteiger partial charge in [-0.15, -0.1) is 0 Å². The van der Waals surface area contributed by atoms with Gasteiger partial charge in [0.15, 0.2) is 0 Å². The highest BCUT2D eigenvalue weighted by Gasteiger charge is 2.13. The van der Waals surface area contributed by atoms with E-state index in [2.05, 4.69) is 26.1 Å². The Kier molecular flexibility index (Phi) is 4.05.